The van der Waals surface area contributed by atoms with Crippen LogP contribution in [0.4, 0.5) is 5.69 Å². The number of hydrogen-bond acceptors (Lipinski definition) is 3. The van der Waals surface area contributed by atoms with Gasteiger partial charge in [0.1, 0.15) is 0 Å². The monoisotopic (exact) mass is 270 g/mol. The molecule has 2 aromatic rings. The van der Waals surface area contributed by atoms with E-state index in [2.05, 4.69) is 26.1 Å². The molecular weight excluding hydrogens is 252 g/mol. The zero-order valence-corrected chi connectivity index (χ0v) is 11.3. The van der Waals surface area contributed by atoms with Crippen LogP contribution in [-0.2, 0) is 0 Å². The number of fused-ring (bicyclic) bond motifs is 1. The molecule has 0 amide bonds. The Morgan fingerprint density at radius 3 is 2.80 bits per heavy atom. The first-order valence-electron chi connectivity index (χ1n) is 6.89. The van der Waals surface area contributed by atoms with Crippen molar-refractivity contribution in [1.82, 2.24) is 14.9 Å². The molecule has 3 N–H and O–H groups in total. The summed E-state index contributed by atoms with van der Waals surface area (Å²) in [4.78, 5) is 19.1. The van der Waals surface area contributed by atoms with Crippen molar-refractivity contribution in [3.63, 3.8) is 0 Å². The minimum absolute atomic E-state index is 0.167. The van der Waals surface area contributed by atoms with Crippen molar-refractivity contribution in [3.05, 3.63) is 28.7 Å². The quantitative estimate of drug-likeness (QED) is 0.738. The van der Waals surface area contributed by atoms with Crippen molar-refractivity contribution in [1.29, 1.82) is 0 Å². The first-order valence-corrected chi connectivity index (χ1v) is 6.89. The molecule has 1 aliphatic heterocycles. The fourth-order valence-corrected chi connectivity index (χ4v) is 2.72. The fourth-order valence-electron chi connectivity index (χ4n) is 2.72. The van der Waals surface area contributed by atoms with Crippen LogP contribution in [0.25, 0.3) is 11.0 Å². The zero-order chi connectivity index (χ0) is 13.9. The van der Waals surface area contributed by atoms with Gasteiger partial charge in [-0.25, -0.2) is 4.79 Å². The summed E-state index contributed by atoms with van der Waals surface area (Å²) in [6.45, 7) is 2.81. The summed E-state index contributed by atoms with van der Waals surface area (Å²) < 4.78 is 0. The van der Waals surface area contributed by atoms with E-state index in [9.17, 15) is 4.79 Å². The molecule has 0 radical (unpaired) electrons. The van der Waals surface area contributed by atoms with E-state index in [1.165, 1.54) is 0 Å². The maximum Gasteiger partial charge on any atom is 0.323 e. The lowest BCUT2D eigenvalue weighted by molar-refractivity contribution is 0.243. The molecule has 1 aliphatic rings. The van der Waals surface area contributed by atoms with Crippen LogP contribution in [0.3, 0.4) is 0 Å². The molecule has 0 spiro atoms. The van der Waals surface area contributed by atoms with Gasteiger partial charge in [-0.3, -0.25) is 4.90 Å². The summed E-state index contributed by atoms with van der Waals surface area (Å²) in [6, 6.07) is 6.36. The van der Waals surface area contributed by atoms with E-state index in [-0.39, 0.29) is 5.69 Å². The highest BCUT2D eigenvalue weighted by Gasteiger charge is 2.18. The first kappa shape index (κ1) is 12.8. The van der Waals surface area contributed by atoms with E-state index in [1.807, 2.05) is 18.2 Å². The van der Waals surface area contributed by atoms with E-state index < -0.39 is 0 Å². The van der Waals surface area contributed by atoms with Gasteiger partial charge in [-0.1, -0.05) is 5.92 Å². The van der Waals surface area contributed by atoms with E-state index in [1.54, 1.807) is 0 Å². The van der Waals surface area contributed by atoms with Crippen LogP contribution in [0, 0.1) is 12.3 Å². The van der Waals surface area contributed by atoms with Crippen LogP contribution < -0.4 is 11.0 Å². The number of nitrogens with zero attached hydrogens (tertiary/aromatic N) is 1. The molecule has 0 atom stereocenters. The zero-order valence-electron chi connectivity index (χ0n) is 11.3. The largest absolute Gasteiger partial charge is 0.382 e. The summed E-state index contributed by atoms with van der Waals surface area (Å²) in [5.41, 5.74) is 2.55. The van der Waals surface area contributed by atoms with Gasteiger partial charge in [0.2, 0.25) is 0 Å². The average molecular weight is 270 g/mol. The number of aromatic nitrogens is 2. The minimum Gasteiger partial charge on any atom is -0.382 e. The van der Waals surface area contributed by atoms with Crippen molar-refractivity contribution >= 4 is 16.7 Å². The Kier molecular flexibility index (Phi) is 3.48. The van der Waals surface area contributed by atoms with Gasteiger partial charge in [0.15, 0.2) is 0 Å². The van der Waals surface area contributed by atoms with Crippen LogP contribution in [0.1, 0.15) is 12.8 Å². The predicted molar refractivity (Wildman–Crippen MR) is 80.8 cm³/mol. The number of piperidine rings is 1. The van der Waals surface area contributed by atoms with Gasteiger partial charge in [-0.05, 0) is 31.0 Å². The third-order valence-corrected chi connectivity index (χ3v) is 3.79. The predicted octanol–water partition coefficient (Wildman–Crippen LogP) is 1.37. The number of anilines is 1. The van der Waals surface area contributed by atoms with Crippen LogP contribution in [0.2, 0.25) is 0 Å². The van der Waals surface area contributed by atoms with E-state index in [4.69, 9.17) is 6.42 Å². The maximum atomic E-state index is 11.2. The molecule has 0 unspecified atom stereocenters. The Hall–Kier alpha value is -2.19. The molecule has 2 heterocycles. The lowest BCUT2D eigenvalue weighted by Gasteiger charge is -2.31. The summed E-state index contributed by atoms with van der Waals surface area (Å²) in [5.74, 6) is 2.69. The number of likely N-dealkylation sites (tertiary alicyclic amines) is 1. The number of terminal acetylenes is 1. The van der Waals surface area contributed by atoms with Crippen molar-refractivity contribution in [3.8, 4) is 12.3 Å². The molecule has 1 aromatic carbocycles. The summed E-state index contributed by atoms with van der Waals surface area (Å²) >= 11 is 0. The number of aromatic amines is 2. The Labute approximate surface area is 117 Å². The SMILES string of the molecule is C#CCN1CCC(Nc2ccc3[nH]c(=O)[nH]c3c2)CC1. The number of nitrogens with one attached hydrogen (secondary N) is 3. The highest BCUT2D eigenvalue weighted by atomic mass is 16.1. The molecule has 0 saturated carbocycles. The van der Waals surface area contributed by atoms with Gasteiger partial charge in [0.25, 0.3) is 0 Å². The van der Waals surface area contributed by atoms with E-state index in [0.29, 0.717) is 6.04 Å². The summed E-state index contributed by atoms with van der Waals surface area (Å²) in [6.07, 6.45) is 7.51. The lowest BCUT2D eigenvalue weighted by Crippen LogP contribution is -2.39. The van der Waals surface area contributed by atoms with Gasteiger partial charge in [-0.2, -0.15) is 0 Å². The van der Waals surface area contributed by atoms with E-state index in [0.717, 1.165) is 49.2 Å². The topological polar surface area (TPSA) is 63.9 Å². The molecule has 104 valence electrons. The summed E-state index contributed by atoms with van der Waals surface area (Å²) in [7, 11) is 0. The van der Waals surface area contributed by atoms with Gasteiger partial charge < -0.3 is 15.3 Å². The van der Waals surface area contributed by atoms with Crippen LogP contribution in [0.5, 0.6) is 0 Å². The van der Waals surface area contributed by atoms with Crippen molar-refractivity contribution in [2.75, 3.05) is 25.0 Å². The second-order valence-electron chi connectivity index (χ2n) is 5.24. The molecule has 3 rings (SSSR count). The molecule has 1 fully saturated rings. The smallest absolute Gasteiger partial charge is 0.323 e. The molecule has 0 bridgehead atoms. The average Bonchev–Trinajstić information content (AvgIpc) is 2.81. The normalized spacial score (nSPS) is 17.1. The van der Waals surface area contributed by atoms with Crippen LogP contribution in [-0.4, -0.2) is 40.5 Å². The standard InChI is InChI=1S/C15H18N4O/c1-2-7-19-8-5-11(6-9-19)16-12-3-4-13-14(10-12)18-15(20)17-13/h1,3-4,10-11,16H,5-9H2,(H2,17,18,20). The molecule has 0 aliphatic carbocycles. The highest BCUT2D eigenvalue weighted by molar-refractivity contribution is 5.78. The number of H-pyrrole nitrogens is 2. The van der Waals surface area contributed by atoms with Crippen molar-refractivity contribution < 1.29 is 0 Å². The molecule has 5 heteroatoms. The number of hydrogen-bond donors (Lipinski definition) is 3. The van der Waals surface area contributed by atoms with Gasteiger partial charge >= 0.3 is 5.69 Å². The van der Waals surface area contributed by atoms with Gasteiger partial charge in [-0.15, -0.1) is 6.42 Å². The van der Waals surface area contributed by atoms with Crippen LogP contribution >= 0.6 is 0 Å². The third kappa shape index (κ3) is 2.70. The first-order chi connectivity index (χ1) is 9.74. The Morgan fingerprint density at radius 1 is 1.30 bits per heavy atom. The van der Waals surface area contributed by atoms with Crippen LogP contribution in [0.15, 0.2) is 23.0 Å². The van der Waals surface area contributed by atoms with Gasteiger partial charge in [0, 0.05) is 24.8 Å². The Morgan fingerprint density at radius 2 is 2.05 bits per heavy atom. The second-order valence-corrected chi connectivity index (χ2v) is 5.24. The molecule has 5 nitrogen and oxygen atoms in total. The molecule has 1 saturated heterocycles. The molecular formula is C15H18N4O. The third-order valence-electron chi connectivity index (χ3n) is 3.79. The van der Waals surface area contributed by atoms with Crippen molar-refractivity contribution in [2.45, 2.75) is 18.9 Å². The minimum atomic E-state index is -0.167. The maximum absolute atomic E-state index is 11.2. The fraction of sp³-hybridized carbons (Fsp3) is 0.400. The Balaban J connectivity index is 1.65. The summed E-state index contributed by atoms with van der Waals surface area (Å²) in [5, 5.41) is 3.53. The van der Waals surface area contributed by atoms with Crippen molar-refractivity contribution in [2.24, 2.45) is 0 Å². The number of benzene rings is 1. The Bertz CT molecular complexity index is 686. The number of rotatable bonds is 3. The highest BCUT2D eigenvalue weighted by Crippen LogP contribution is 2.19. The second kappa shape index (κ2) is 5.43. The van der Waals surface area contributed by atoms with Gasteiger partial charge in [0.05, 0.1) is 17.6 Å². The van der Waals surface area contributed by atoms with E-state index >= 15 is 0 Å². The lowest BCUT2D eigenvalue weighted by atomic mass is 10.0. The molecule has 20 heavy (non-hydrogen) atoms. The number of imidazole rings is 1. The molecule has 1 aromatic heterocycles.